The standard InChI is InChI=1S/C14H17N3O/c1-3-11-5-4-8-16-14(11)12(18)6-7-13-15-9-10-17(13)2/h4-5,8-10H,3,6-7H2,1-2H3. The van der Waals surface area contributed by atoms with Crippen molar-refractivity contribution in [2.24, 2.45) is 7.05 Å². The number of imidazole rings is 1. The number of hydrogen-bond acceptors (Lipinski definition) is 3. The Labute approximate surface area is 107 Å². The van der Waals surface area contributed by atoms with E-state index in [1.807, 2.05) is 36.9 Å². The summed E-state index contributed by atoms with van der Waals surface area (Å²) in [5.74, 6) is 1.02. The smallest absolute Gasteiger partial charge is 0.181 e. The Morgan fingerprint density at radius 3 is 2.83 bits per heavy atom. The molecule has 94 valence electrons. The minimum Gasteiger partial charge on any atom is -0.338 e. The molecule has 0 aliphatic rings. The predicted octanol–water partition coefficient (Wildman–Crippen LogP) is 2.19. The van der Waals surface area contributed by atoms with E-state index in [-0.39, 0.29) is 5.78 Å². The number of carbonyl (C=O) groups is 1. The summed E-state index contributed by atoms with van der Waals surface area (Å²) in [6.45, 7) is 2.03. The Balaban J connectivity index is 2.06. The van der Waals surface area contributed by atoms with Crippen LogP contribution in [0.2, 0.25) is 0 Å². The van der Waals surface area contributed by atoms with Crippen LogP contribution < -0.4 is 0 Å². The summed E-state index contributed by atoms with van der Waals surface area (Å²) in [5, 5.41) is 0. The third-order valence-electron chi connectivity index (χ3n) is 3.03. The predicted molar refractivity (Wildman–Crippen MR) is 69.5 cm³/mol. The first-order valence-corrected chi connectivity index (χ1v) is 6.15. The van der Waals surface area contributed by atoms with Crippen molar-refractivity contribution in [2.45, 2.75) is 26.2 Å². The molecule has 0 aliphatic heterocycles. The zero-order valence-electron chi connectivity index (χ0n) is 10.8. The lowest BCUT2D eigenvalue weighted by Crippen LogP contribution is -2.09. The molecule has 0 aliphatic carbocycles. The molecule has 0 spiro atoms. The summed E-state index contributed by atoms with van der Waals surface area (Å²) in [4.78, 5) is 20.5. The zero-order valence-corrected chi connectivity index (χ0v) is 10.8. The third kappa shape index (κ3) is 2.64. The topological polar surface area (TPSA) is 47.8 Å². The van der Waals surface area contributed by atoms with E-state index in [1.165, 1.54) is 0 Å². The van der Waals surface area contributed by atoms with Crippen LogP contribution in [0.1, 0.15) is 35.2 Å². The maximum atomic E-state index is 12.1. The van der Waals surface area contributed by atoms with E-state index in [2.05, 4.69) is 9.97 Å². The van der Waals surface area contributed by atoms with E-state index in [1.54, 1.807) is 12.4 Å². The molecule has 0 atom stereocenters. The molecule has 0 unspecified atom stereocenters. The third-order valence-corrected chi connectivity index (χ3v) is 3.03. The van der Waals surface area contributed by atoms with Crippen LogP contribution in [0, 0.1) is 0 Å². The Morgan fingerprint density at radius 1 is 1.33 bits per heavy atom. The second-order valence-corrected chi connectivity index (χ2v) is 4.24. The first kappa shape index (κ1) is 12.5. The molecular weight excluding hydrogens is 226 g/mol. The molecule has 0 amide bonds. The molecule has 4 nitrogen and oxygen atoms in total. The van der Waals surface area contributed by atoms with Gasteiger partial charge in [-0.2, -0.15) is 0 Å². The van der Waals surface area contributed by atoms with Gasteiger partial charge in [-0.15, -0.1) is 0 Å². The molecule has 2 heterocycles. The highest BCUT2D eigenvalue weighted by Crippen LogP contribution is 2.10. The zero-order chi connectivity index (χ0) is 13.0. The summed E-state index contributed by atoms with van der Waals surface area (Å²) >= 11 is 0. The van der Waals surface area contributed by atoms with Gasteiger partial charge < -0.3 is 4.57 Å². The maximum absolute atomic E-state index is 12.1. The number of pyridine rings is 1. The molecule has 0 aromatic carbocycles. The van der Waals surface area contributed by atoms with Crippen molar-refractivity contribution in [3.63, 3.8) is 0 Å². The Kier molecular flexibility index (Phi) is 3.87. The molecule has 0 N–H and O–H groups in total. The van der Waals surface area contributed by atoms with Gasteiger partial charge in [-0.25, -0.2) is 4.98 Å². The highest BCUT2D eigenvalue weighted by atomic mass is 16.1. The van der Waals surface area contributed by atoms with Crippen molar-refractivity contribution in [3.05, 3.63) is 47.8 Å². The Bertz CT molecular complexity index is 545. The van der Waals surface area contributed by atoms with Gasteiger partial charge in [0.25, 0.3) is 0 Å². The molecule has 18 heavy (non-hydrogen) atoms. The van der Waals surface area contributed by atoms with Crippen molar-refractivity contribution < 1.29 is 4.79 Å². The normalized spacial score (nSPS) is 10.6. The van der Waals surface area contributed by atoms with Gasteiger partial charge in [-0.05, 0) is 18.1 Å². The molecule has 0 bridgehead atoms. The molecule has 0 saturated carbocycles. The van der Waals surface area contributed by atoms with Crippen molar-refractivity contribution in [1.29, 1.82) is 0 Å². The SMILES string of the molecule is CCc1cccnc1C(=O)CCc1nccn1C. The van der Waals surface area contributed by atoms with Crippen LogP contribution in [-0.2, 0) is 19.9 Å². The molecule has 0 radical (unpaired) electrons. The van der Waals surface area contributed by atoms with Crippen LogP contribution in [0.4, 0.5) is 0 Å². The molecule has 2 rings (SSSR count). The lowest BCUT2D eigenvalue weighted by molar-refractivity contribution is 0.0976. The lowest BCUT2D eigenvalue weighted by Gasteiger charge is -2.05. The van der Waals surface area contributed by atoms with Crippen molar-refractivity contribution in [2.75, 3.05) is 0 Å². The molecule has 2 aromatic rings. The van der Waals surface area contributed by atoms with Gasteiger partial charge in [0, 0.05) is 38.5 Å². The number of ketones is 1. The fourth-order valence-corrected chi connectivity index (χ4v) is 1.96. The maximum Gasteiger partial charge on any atom is 0.181 e. The van der Waals surface area contributed by atoms with Crippen molar-refractivity contribution in [1.82, 2.24) is 14.5 Å². The van der Waals surface area contributed by atoms with E-state index < -0.39 is 0 Å². The van der Waals surface area contributed by atoms with Crippen LogP contribution in [0.5, 0.6) is 0 Å². The number of rotatable bonds is 5. The monoisotopic (exact) mass is 243 g/mol. The summed E-state index contributed by atoms with van der Waals surface area (Å²) < 4.78 is 1.94. The second-order valence-electron chi connectivity index (χ2n) is 4.24. The minimum atomic E-state index is 0.0930. The number of aromatic nitrogens is 3. The van der Waals surface area contributed by atoms with E-state index in [0.29, 0.717) is 18.5 Å². The van der Waals surface area contributed by atoms with Crippen LogP contribution in [0.25, 0.3) is 0 Å². The molecule has 4 heteroatoms. The van der Waals surface area contributed by atoms with Crippen LogP contribution in [0.15, 0.2) is 30.7 Å². The first-order chi connectivity index (χ1) is 8.72. The highest BCUT2D eigenvalue weighted by Gasteiger charge is 2.12. The van der Waals surface area contributed by atoms with Gasteiger partial charge in [0.15, 0.2) is 5.78 Å². The van der Waals surface area contributed by atoms with E-state index in [9.17, 15) is 4.79 Å². The fraction of sp³-hybridized carbons (Fsp3) is 0.357. The van der Waals surface area contributed by atoms with Gasteiger partial charge in [0.1, 0.15) is 11.5 Å². The van der Waals surface area contributed by atoms with Gasteiger partial charge in [-0.3, -0.25) is 9.78 Å². The largest absolute Gasteiger partial charge is 0.338 e. The van der Waals surface area contributed by atoms with Crippen molar-refractivity contribution >= 4 is 5.78 Å². The number of nitrogens with zero attached hydrogens (tertiary/aromatic N) is 3. The average molecular weight is 243 g/mol. The summed E-state index contributed by atoms with van der Waals surface area (Å²) in [5.41, 5.74) is 1.62. The fourth-order valence-electron chi connectivity index (χ4n) is 1.96. The van der Waals surface area contributed by atoms with Gasteiger partial charge >= 0.3 is 0 Å². The Hall–Kier alpha value is -1.97. The summed E-state index contributed by atoms with van der Waals surface area (Å²) in [6.07, 6.45) is 7.25. The number of carbonyl (C=O) groups excluding carboxylic acids is 1. The summed E-state index contributed by atoms with van der Waals surface area (Å²) in [6, 6.07) is 3.83. The van der Waals surface area contributed by atoms with Gasteiger partial charge in [-0.1, -0.05) is 13.0 Å². The lowest BCUT2D eigenvalue weighted by atomic mass is 10.0. The van der Waals surface area contributed by atoms with Crippen molar-refractivity contribution in [3.8, 4) is 0 Å². The number of hydrogen-bond donors (Lipinski definition) is 0. The summed E-state index contributed by atoms with van der Waals surface area (Å²) in [7, 11) is 1.94. The molecule has 2 aromatic heterocycles. The van der Waals surface area contributed by atoms with E-state index >= 15 is 0 Å². The van der Waals surface area contributed by atoms with Gasteiger partial charge in [0.05, 0.1) is 0 Å². The average Bonchev–Trinajstić information content (AvgIpc) is 2.81. The van der Waals surface area contributed by atoms with Crippen LogP contribution in [0.3, 0.4) is 0 Å². The molecule has 0 fully saturated rings. The van der Waals surface area contributed by atoms with E-state index in [4.69, 9.17) is 0 Å². The van der Waals surface area contributed by atoms with Crippen LogP contribution >= 0.6 is 0 Å². The molecular formula is C14H17N3O. The Morgan fingerprint density at radius 2 is 2.17 bits per heavy atom. The molecule has 0 saturated heterocycles. The number of Topliss-reactive ketones (excluding diaryl/α,β-unsaturated/α-hetero) is 1. The first-order valence-electron chi connectivity index (χ1n) is 6.15. The second kappa shape index (κ2) is 5.58. The van der Waals surface area contributed by atoms with Crippen LogP contribution in [-0.4, -0.2) is 20.3 Å². The highest BCUT2D eigenvalue weighted by molar-refractivity contribution is 5.95. The minimum absolute atomic E-state index is 0.0930. The number of aryl methyl sites for hydroxylation is 3. The quantitative estimate of drug-likeness (QED) is 0.756. The van der Waals surface area contributed by atoms with E-state index in [0.717, 1.165) is 17.8 Å². The van der Waals surface area contributed by atoms with Gasteiger partial charge in [0.2, 0.25) is 0 Å².